The molecule has 3 nitrogen and oxygen atoms in total. The molecule has 16 heavy (non-hydrogen) atoms. The van der Waals surface area contributed by atoms with Crippen LogP contribution in [0.2, 0.25) is 0 Å². The molecule has 0 amide bonds. The Balaban J connectivity index is 2.40. The summed E-state index contributed by atoms with van der Waals surface area (Å²) in [6.45, 7) is 7.34. The highest BCUT2D eigenvalue weighted by atomic mass is 16.5. The maximum absolute atomic E-state index is 11.1. The van der Waals surface area contributed by atoms with Crippen LogP contribution in [0.15, 0.2) is 18.2 Å². The van der Waals surface area contributed by atoms with Gasteiger partial charge in [0.1, 0.15) is 0 Å². The second-order valence-corrected chi connectivity index (χ2v) is 3.90. The average Bonchev–Trinajstić information content (AvgIpc) is 2.16. The fourth-order valence-electron chi connectivity index (χ4n) is 1.69. The molecule has 1 rings (SSSR count). The monoisotopic (exact) mass is 221 g/mol. The van der Waals surface area contributed by atoms with Crippen molar-refractivity contribution in [2.45, 2.75) is 27.3 Å². The first-order valence-electron chi connectivity index (χ1n) is 5.55. The molecule has 0 fully saturated rings. The minimum absolute atomic E-state index is 0.202. The first kappa shape index (κ1) is 12.7. The van der Waals surface area contributed by atoms with Crippen LogP contribution in [-0.2, 0) is 16.1 Å². The number of nitrogens with one attached hydrogen (secondary N) is 1. The predicted octanol–water partition coefficient (Wildman–Crippen LogP) is 1.96. The molecule has 0 atom stereocenters. The van der Waals surface area contributed by atoms with Crippen molar-refractivity contribution in [3.8, 4) is 0 Å². The zero-order valence-electron chi connectivity index (χ0n) is 10.2. The molecule has 0 saturated heterocycles. The molecule has 1 N–H and O–H groups in total. The van der Waals surface area contributed by atoms with E-state index in [0.29, 0.717) is 13.2 Å². The van der Waals surface area contributed by atoms with Crippen LogP contribution < -0.4 is 5.32 Å². The number of benzene rings is 1. The number of aryl methyl sites for hydroxylation is 2. The third-order valence-electron chi connectivity index (χ3n) is 2.19. The van der Waals surface area contributed by atoms with Crippen LogP contribution in [0.25, 0.3) is 0 Å². The molecule has 0 aliphatic heterocycles. The number of carbonyl (C=O) groups excluding carboxylic acids is 1. The zero-order valence-corrected chi connectivity index (χ0v) is 10.2. The SMILES string of the molecule is CCOC(=O)CNCc1cc(C)cc(C)c1. The van der Waals surface area contributed by atoms with Crippen molar-refractivity contribution in [3.63, 3.8) is 0 Å². The van der Waals surface area contributed by atoms with Gasteiger partial charge in [-0.05, 0) is 26.3 Å². The van der Waals surface area contributed by atoms with Gasteiger partial charge in [-0.3, -0.25) is 4.79 Å². The molecule has 0 bridgehead atoms. The quantitative estimate of drug-likeness (QED) is 0.772. The lowest BCUT2D eigenvalue weighted by molar-refractivity contribution is -0.142. The molecule has 3 heteroatoms. The topological polar surface area (TPSA) is 38.3 Å². The number of carbonyl (C=O) groups is 1. The van der Waals surface area contributed by atoms with Gasteiger partial charge >= 0.3 is 5.97 Å². The molecule has 1 aromatic carbocycles. The number of hydrogen-bond acceptors (Lipinski definition) is 3. The Morgan fingerprint density at radius 2 is 1.88 bits per heavy atom. The Morgan fingerprint density at radius 1 is 1.25 bits per heavy atom. The van der Waals surface area contributed by atoms with E-state index in [0.717, 1.165) is 0 Å². The lowest BCUT2D eigenvalue weighted by Crippen LogP contribution is -2.24. The normalized spacial score (nSPS) is 10.2. The van der Waals surface area contributed by atoms with Crippen LogP contribution >= 0.6 is 0 Å². The van der Waals surface area contributed by atoms with Crippen molar-refractivity contribution >= 4 is 5.97 Å². The van der Waals surface area contributed by atoms with Gasteiger partial charge < -0.3 is 10.1 Å². The van der Waals surface area contributed by atoms with E-state index in [9.17, 15) is 4.79 Å². The number of esters is 1. The molecule has 88 valence electrons. The van der Waals surface area contributed by atoms with E-state index < -0.39 is 0 Å². The van der Waals surface area contributed by atoms with Gasteiger partial charge in [-0.1, -0.05) is 29.3 Å². The molecule has 0 heterocycles. The van der Waals surface area contributed by atoms with Crippen molar-refractivity contribution in [2.75, 3.05) is 13.2 Å². The Bertz CT molecular complexity index is 341. The molecule has 0 unspecified atom stereocenters. The van der Waals surface area contributed by atoms with E-state index in [1.807, 2.05) is 6.92 Å². The highest BCUT2D eigenvalue weighted by molar-refractivity contribution is 5.71. The van der Waals surface area contributed by atoms with Crippen molar-refractivity contribution in [1.82, 2.24) is 5.32 Å². The standard InChI is InChI=1S/C13H19NO2/c1-4-16-13(15)9-14-8-12-6-10(2)5-11(3)7-12/h5-7,14H,4,8-9H2,1-3H3. The Labute approximate surface area is 96.8 Å². The highest BCUT2D eigenvalue weighted by Gasteiger charge is 2.01. The molecule has 0 aromatic heterocycles. The van der Waals surface area contributed by atoms with Crippen LogP contribution in [0.4, 0.5) is 0 Å². The summed E-state index contributed by atoms with van der Waals surface area (Å²) in [5, 5.41) is 3.07. The number of ether oxygens (including phenoxy) is 1. The molecule has 0 spiro atoms. The minimum atomic E-state index is -0.202. The third-order valence-corrected chi connectivity index (χ3v) is 2.19. The van der Waals surface area contributed by atoms with Gasteiger partial charge in [-0.2, -0.15) is 0 Å². The van der Waals surface area contributed by atoms with Crippen LogP contribution in [0.5, 0.6) is 0 Å². The van der Waals surface area contributed by atoms with Crippen molar-refractivity contribution < 1.29 is 9.53 Å². The maximum Gasteiger partial charge on any atom is 0.319 e. The van der Waals surface area contributed by atoms with Crippen LogP contribution in [0.1, 0.15) is 23.6 Å². The van der Waals surface area contributed by atoms with Crippen molar-refractivity contribution in [2.24, 2.45) is 0 Å². The predicted molar refractivity (Wildman–Crippen MR) is 64.3 cm³/mol. The Kier molecular flexibility index (Phi) is 4.99. The molecular formula is C13H19NO2. The molecular weight excluding hydrogens is 202 g/mol. The first-order valence-corrected chi connectivity index (χ1v) is 5.55. The summed E-state index contributed by atoms with van der Waals surface area (Å²) >= 11 is 0. The van der Waals surface area contributed by atoms with E-state index in [4.69, 9.17) is 4.74 Å². The second kappa shape index (κ2) is 6.28. The van der Waals surface area contributed by atoms with E-state index in [2.05, 4.69) is 37.4 Å². The van der Waals surface area contributed by atoms with Crippen LogP contribution in [0.3, 0.4) is 0 Å². The third kappa shape index (κ3) is 4.45. The first-order chi connectivity index (χ1) is 7.61. The molecule has 0 radical (unpaired) electrons. The van der Waals surface area contributed by atoms with Gasteiger partial charge in [0.2, 0.25) is 0 Å². The average molecular weight is 221 g/mol. The van der Waals surface area contributed by atoms with Gasteiger partial charge in [0.15, 0.2) is 0 Å². The summed E-state index contributed by atoms with van der Waals surface area (Å²) in [7, 11) is 0. The summed E-state index contributed by atoms with van der Waals surface area (Å²) in [5.74, 6) is -0.202. The Hall–Kier alpha value is -1.35. The molecule has 0 saturated carbocycles. The summed E-state index contributed by atoms with van der Waals surface area (Å²) < 4.78 is 4.83. The van der Waals surface area contributed by atoms with Gasteiger partial charge in [-0.25, -0.2) is 0 Å². The van der Waals surface area contributed by atoms with Crippen LogP contribution in [-0.4, -0.2) is 19.1 Å². The van der Waals surface area contributed by atoms with E-state index in [-0.39, 0.29) is 12.5 Å². The summed E-state index contributed by atoms with van der Waals surface area (Å²) in [6, 6.07) is 6.37. The lowest BCUT2D eigenvalue weighted by atomic mass is 10.1. The number of hydrogen-bond donors (Lipinski definition) is 1. The lowest BCUT2D eigenvalue weighted by Gasteiger charge is -2.06. The fourth-order valence-corrected chi connectivity index (χ4v) is 1.69. The molecule has 0 aliphatic rings. The largest absolute Gasteiger partial charge is 0.465 e. The molecule has 0 aliphatic carbocycles. The van der Waals surface area contributed by atoms with Crippen LogP contribution in [0, 0.1) is 13.8 Å². The van der Waals surface area contributed by atoms with E-state index in [1.54, 1.807) is 0 Å². The van der Waals surface area contributed by atoms with Gasteiger partial charge in [0, 0.05) is 6.54 Å². The van der Waals surface area contributed by atoms with E-state index in [1.165, 1.54) is 16.7 Å². The second-order valence-electron chi connectivity index (χ2n) is 3.90. The number of rotatable bonds is 5. The Morgan fingerprint density at radius 3 is 2.44 bits per heavy atom. The summed E-state index contributed by atoms with van der Waals surface area (Å²) in [5.41, 5.74) is 3.68. The highest BCUT2D eigenvalue weighted by Crippen LogP contribution is 2.08. The summed E-state index contributed by atoms with van der Waals surface area (Å²) in [6.07, 6.45) is 0. The maximum atomic E-state index is 11.1. The summed E-state index contributed by atoms with van der Waals surface area (Å²) in [4.78, 5) is 11.1. The zero-order chi connectivity index (χ0) is 12.0. The van der Waals surface area contributed by atoms with Gasteiger partial charge in [-0.15, -0.1) is 0 Å². The smallest absolute Gasteiger partial charge is 0.319 e. The van der Waals surface area contributed by atoms with Crippen molar-refractivity contribution in [3.05, 3.63) is 34.9 Å². The minimum Gasteiger partial charge on any atom is -0.465 e. The van der Waals surface area contributed by atoms with Gasteiger partial charge in [0.05, 0.1) is 13.2 Å². The van der Waals surface area contributed by atoms with Gasteiger partial charge in [0.25, 0.3) is 0 Å². The van der Waals surface area contributed by atoms with E-state index >= 15 is 0 Å². The fraction of sp³-hybridized carbons (Fsp3) is 0.462. The molecule has 1 aromatic rings. The van der Waals surface area contributed by atoms with Crippen molar-refractivity contribution in [1.29, 1.82) is 0 Å².